The molecule has 0 N–H and O–H groups in total. The monoisotopic (exact) mass is 231 g/mol. The standard InChI is InChI=1S/C12H14.C4H11N/c1-9-7-11-5-3-4-6-12(11)8-10(9)2;1-4-5(2)3/h3-6H,7-8H2,1-2H3;4H2,1-3H3. The van der Waals surface area contributed by atoms with Crippen LogP contribution in [0, 0.1) is 0 Å². The molecule has 0 aromatic heterocycles. The fraction of sp³-hybridized carbons (Fsp3) is 0.500. The van der Waals surface area contributed by atoms with Gasteiger partial charge in [0.05, 0.1) is 0 Å². The maximum absolute atomic E-state index is 2.24. The number of rotatable bonds is 1. The number of hydrogen-bond donors (Lipinski definition) is 0. The van der Waals surface area contributed by atoms with E-state index in [2.05, 4.69) is 64.0 Å². The largest absolute Gasteiger partial charge is 0.310 e. The number of fused-ring (bicyclic) bond motifs is 1. The van der Waals surface area contributed by atoms with Gasteiger partial charge in [0.2, 0.25) is 0 Å². The molecule has 0 spiro atoms. The van der Waals surface area contributed by atoms with Gasteiger partial charge in [0, 0.05) is 0 Å². The summed E-state index contributed by atoms with van der Waals surface area (Å²) in [5, 5.41) is 0. The van der Waals surface area contributed by atoms with Crippen molar-refractivity contribution in [3.05, 3.63) is 46.5 Å². The molecular formula is C16H25N. The van der Waals surface area contributed by atoms with E-state index in [9.17, 15) is 0 Å². The molecule has 1 aromatic carbocycles. The highest BCUT2D eigenvalue weighted by Gasteiger charge is 2.10. The van der Waals surface area contributed by atoms with Crippen molar-refractivity contribution >= 4 is 0 Å². The van der Waals surface area contributed by atoms with Crippen molar-refractivity contribution < 1.29 is 0 Å². The molecule has 0 atom stereocenters. The molecule has 17 heavy (non-hydrogen) atoms. The zero-order chi connectivity index (χ0) is 12.8. The van der Waals surface area contributed by atoms with E-state index in [4.69, 9.17) is 0 Å². The number of benzene rings is 1. The van der Waals surface area contributed by atoms with Crippen LogP contribution < -0.4 is 0 Å². The molecule has 1 aliphatic carbocycles. The number of nitrogens with zero attached hydrogens (tertiary/aromatic N) is 1. The Kier molecular flexibility index (Phi) is 5.43. The third kappa shape index (κ3) is 4.35. The summed E-state index contributed by atoms with van der Waals surface area (Å²) in [6.07, 6.45) is 2.31. The minimum Gasteiger partial charge on any atom is -0.310 e. The fourth-order valence-electron chi connectivity index (χ4n) is 1.78. The molecule has 0 saturated heterocycles. The van der Waals surface area contributed by atoms with Gasteiger partial charge in [0.25, 0.3) is 0 Å². The SMILES string of the molecule is CC1=C(C)Cc2ccccc2C1.CCN(C)C. The molecule has 0 aliphatic heterocycles. The Balaban J connectivity index is 0.000000249. The molecule has 0 amide bonds. The highest BCUT2D eigenvalue weighted by atomic mass is 15.0. The lowest BCUT2D eigenvalue weighted by Crippen LogP contribution is -2.08. The maximum Gasteiger partial charge on any atom is -0.00533 e. The van der Waals surface area contributed by atoms with Crippen LogP contribution in [0.2, 0.25) is 0 Å². The van der Waals surface area contributed by atoms with Crippen molar-refractivity contribution in [3.63, 3.8) is 0 Å². The van der Waals surface area contributed by atoms with Gasteiger partial charge in [0.15, 0.2) is 0 Å². The van der Waals surface area contributed by atoms with Crippen LogP contribution in [0.1, 0.15) is 31.9 Å². The second kappa shape index (κ2) is 6.61. The first kappa shape index (κ1) is 14.0. The van der Waals surface area contributed by atoms with E-state index in [0.717, 1.165) is 19.4 Å². The molecule has 0 heterocycles. The van der Waals surface area contributed by atoms with Gasteiger partial charge in [-0.1, -0.05) is 42.3 Å². The summed E-state index contributed by atoms with van der Waals surface area (Å²) in [6.45, 7) is 7.75. The molecule has 2 rings (SSSR count). The van der Waals surface area contributed by atoms with Crippen LogP contribution in [-0.4, -0.2) is 25.5 Å². The molecule has 1 nitrogen and oxygen atoms in total. The Morgan fingerprint density at radius 2 is 1.29 bits per heavy atom. The third-order valence-corrected chi connectivity index (χ3v) is 3.39. The highest BCUT2D eigenvalue weighted by Crippen LogP contribution is 2.24. The van der Waals surface area contributed by atoms with Gasteiger partial charge in [-0.3, -0.25) is 0 Å². The molecular weight excluding hydrogens is 206 g/mol. The Morgan fingerprint density at radius 1 is 0.941 bits per heavy atom. The van der Waals surface area contributed by atoms with Gasteiger partial charge in [-0.05, 0) is 58.5 Å². The van der Waals surface area contributed by atoms with Crippen LogP contribution in [0.3, 0.4) is 0 Å². The van der Waals surface area contributed by atoms with Crippen LogP contribution in [0.4, 0.5) is 0 Å². The molecule has 1 heteroatoms. The summed E-state index contributed by atoms with van der Waals surface area (Å²) in [7, 11) is 4.11. The zero-order valence-electron chi connectivity index (χ0n) is 11.9. The van der Waals surface area contributed by atoms with E-state index in [1.165, 1.54) is 11.1 Å². The quantitative estimate of drug-likeness (QED) is 0.666. The van der Waals surface area contributed by atoms with Gasteiger partial charge in [-0.15, -0.1) is 0 Å². The predicted molar refractivity (Wildman–Crippen MR) is 76.5 cm³/mol. The minimum absolute atomic E-state index is 1.14. The Hall–Kier alpha value is -1.08. The van der Waals surface area contributed by atoms with Crippen molar-refractivity contribution in [2.24, 2.45) is 0 Å². The van der Waals surface area contributed by atoms with Crippen LogP contribution in [0.15, 0.2) is 35.4 Å². The summed E-state index contributed by atoms with van der Waals surface area (Å²) in [6, 6.07) is 8.75. The summed E-state index contributed by atoms with van der Waals surface area (Å²) < 4.78 is 0. The Labute approximate surface area is 106 Å². The van der Waals surface area contributed by atoms with Crippen molar-refractivity contribution in [2.75, 3.05) is 20.6 Å². The topological polar surface area (TPSA) is 3.24 Å². The van der Waals surface area contributed by atoms with Crippen molar-refractivity contribution in [1.29, 1.82) is 0 Å². The lowest BCUT2D eigenvalue weighted by Gasteiger charge is -2.18. The van der Waals surface area contributed by atoms with Crippen molar-refractivity contribution in [3.8, 4) is 0 Å². The Bertz CT molecular complexity index is 355. The molecule has 94 valence electrons. The van der Waals surface area contributed by atoms with E-state index < -0.39 is 0 Å². The van der Waals surface area contributed by atoms with E-state index in [0.29, 0.717) is 0 Å². The summed E-state index contributed by atoms with van der Waals surface area (Å²) in [5.74, 6) is 0. The van der Waals surface area contributed by atoms with E-state index >= 15 is 0 Å². The summed E-state index contributed by atoms with van der Waals surface area (Å²) in [5.41, 5.74) is 6.13. The second-order valence-corrected chi connectivity index (χ2v) is 5.08. The van der Waals surface area contributed by atoms with Crippen LogP contribution in [0.5, 0.6) is 0 Å². The van der Waals surface area contributed by atoms with Crippen molar-refractivity contribution in [1.82, 2.24) is 4.90 Å². The van der Waals surface area contributed by atoms with E-state index in [-0.39, 0.29) is 0 Å². The highest BCUT2D eigenvalue weighted by molar-refractivity contribution is 5.39. The molecule has 0 saturated carbocycles. The molecule has 0 fully saturated rings. The molecule has 1 aromatic rings. The van der Waals surface area contributed by atoms with Crippen LogP contribution in [-0.2, 0) is 12.8 Å². The normalized spacial score (nSPS) is 14.2. The summed E-state index contributed by atoms with van der Waals surface area (Å²) >= 11 is 0. The van der Waals surface area contributed by atoms with Gasteiger partial charge in [-0.25, -0.2) is 0 Å². The lowest BCUT2D eigenvalue weighted by atomic mass is 9.88. The van der Waals surface area contributed by atoms with Crippen molar-refractivity contribution in [2.45, 2.75) is 33.6 Å². The Morgan fingerprint density at radius 3 is 1.59 bits per heavy atom. The first-order valence-corrected chi connectivity index (χ1v) is 6.41. The predicted octanol–water partition coefficient (Wildman–Crippen LogP) is 3.69. The van der Waals surface area contributed by atoms with Gasteiger partial charge < -0.3 is 4.90 Å². The third-order valence-electron chi connectivity index (χ3n) is 3.39. The minimum atomic E-state index is 1.14. The van der Waals surface area contributed by atoms with Gasteiger partial charge >= 0.3 is 0 Å². The molecule has 0 bridgehead atoms. The van der Waals surface area contributed by atoms with Crippen LogP contribution >= 0.6 is 0 Å². The average Bonchev–Trinajstić information content (AvgIpc) is 2.31. The second-order valence-electron chi connectivity index (χ2n) is 5.08. The van der Waals surface area contributed by atoms with E-state index in [1.807, 2.05) is 0 Å². The first-order valence-electron chi connectivity index (χ1n) is 6.41. The molecule has 0 unspecified atom stereocenters. The smallest absolute Gasteiger partial charge is 0.00533 e. The fourth-order valence-corrected chi connectivity index (χ4v) is 1.78. The van der Waals surface area contributed by atoms with Crippen LogP contribution in [0.25, 0.3) is 0 Å². The lowest BCUT2D eigenvalue weighted by molar-refractivity contribution is 0.434. The number of hydrogen-bond acceptors (Lipinski definition) is 1. The number of allylic oxidation sites excluding steroid dienone is 2. The van der Waals surface area contributed by atoms with E-state index in [1.54, 1.807) is 11.1 Å². The van der Waals surface area contributed by atoms with Gasteiger partial charge in [0.1, 0.15) is 0 Å². The molecule has 1 aliphatic rings. The zero-order valence-corrected chi connectivity index (χ0v) is 11.9. The van der Waals surface area contributed by atoms with Gasteiger partial charge in [-0.2, -0.15) is 0 Å². The first-order chi connectivity index (χ1) is 8.04. The maximum atomic E-state index is 2.24. The average molecular weight is 231 g/mol. The summed E-state index contributed by atoms with van der Waals surface area (Å²) in [4.78, 5) is 2.12. The molecule has 0 radical (unpaired) electrons.